The van der Waals surface area contributed by atoms with E-state index in [1.807, 2.05) is 0 Å². The van der Waals surface area contributed by atoms with Crippen LogP contribution in [0.15, 0.2) is 34.8 Å². The lowest BCUT2D eigenvalue weighted by Gasteiger charge is -2.29. The second-order valence-electron chi connectivity index (χ2n) is 7.08. The van der Waals surface area contributed by atoms with Gasteiger partial charge in [-0.1, -0.05) is 43.5 Å². The first kappa shape index (κ1) is 17.9. The van der Waals surface area contributed by atoms with Crippen molar-refractivity contribution < 1.29 is 14.4 Å². The van der Waals surface area contributed by atoms with E-state index in [1.54, 1.807) is 30.3 Å². The summed E-state index contributed by atoms with van der Waals surface area (Å²) in [4.78, 5) is 38.5. The Morgan fingerprint density at radius 3 is 2.19 bits per heavy atom. The molecule has 2 aliphatic carbocycles. The molecule has 0 bridgehead atoms. The number of halogens is 1. The lowest BCUT2D eigenvalue weighted by molar-refractivity contribution is 0.0977. The number of benzene rings is 2. The van der Waals surface area contributed by atoms with Crippen LogP contribution in [0.2, 0.25) is 0 Å². The minimum atomic E-state index is -0.629. The first-order chi connectivity index (χ1) is 13.0. The molecule has 1 fully saturated rings. The topological polar surface area (TPSA) is 89.3 Å². The van der Waals surface area contributed by atoms with Crippen LogP contribution in [0, 0.1) is 0 Å². The molecule has 0 aromatic heterocycles. The van der Waals surface area contributed by atoms with E-state index >= 15 is 0 Å². The van der Waals surface area contributed by atoms with E-state index in [1.165, 1.54) is 6.42 Å². The van der Waals surface area contributed by atoms with Gasteiger partial charge >= 0.3 is 0 Å². The van der Waals surface area contributed by atoms with Gasteiger partial charge in [-0.05, 0) is 34.8 Å². The molecule has 0 atom stereocenters. The molecule has 0 aliphatic heterocycles. The largest absolute Gasteiger partial charge is 0.381 e. The average Bonchev–Trinajstić information content (AvgIpc) is 2.67. The van der Waals surface area contributed by atoms with Gasteiger partial charge in [0, 0.05) is 21.6 Å². The molecule has 0 heterocycles. The van der Waals surface area contributed by atoms with Gasteiger partial charge in [0.1, 0.15) is 0 Å². The molecule has 0 spiro atoms. The summed E-state index contributed by atoms with van der Waals surface area (Å²) >= 11 is 3.37. The highest BCUT2D eigenvalue weighted by molar-refractivity contribution is 9.10. The summed E-state index contributed by atoms with van der Waals surface area (Å²) in [7, 11) is 0. The molecule has 138 valence electrons. The van der Waals surface area contributed by atoms with Gasteiger partial charge in [-0.15, -0.1) is 0 Å². The average molecular weight is 427 g/mol. The minimum absolute atomic E-state index is 0.155. The Balaban J connectivity index is 1.93. The summed E-state index contributed by atoms with van der Waals surface area (Å²) in [5.41, 5.74) is 7.49. The number of hydrogen-bond donors (Lipinski definition) is 2. The lowest BCUT2D eigenvalue weighted by Crippen LogP contribution is -2.30. The number of carbonyl (C=O) groups is 3. The lowest BCUT2D eigenvalue weighted by atomic mass is 9.81. The molecule has 3 N–H and O–H groups in total. The number of amides is 1. The third kappa shape index (κ3) is 2.98. The third-order valence-corrected chi connectivity index (χ3v) is 5.99. The second-order valence-corrected chi connectivity index (χ2v) is 7.93. The zero-order chi connectivity index (χ0) is 19.1. The number of rotatable bonds is 3. The number of anilines is 1. The summed E-state index contributed by atoms with van der Waals surface area (Å²) in [6.45, 7) is 0. The standard InChI is InChI=1S/C21H19BrN2O3/c22-15-10-14(21(23)27)18(24-11-6-2-1-3-7-11)17-16(15)19(25)12-8-4-5-9-13(12)20(17)26/h4-5,8-11,24H,1-3,6-7H2,(H2,23,27). The van der Waals surface area contributed by atoms with Crippen molar-refractivity contribution in [2.24, 2.45) is 5.73 Å². The van der Waals surface area contributed by atoms with Gasteiger partial charge in [0.15, 0.2) is 11.6 Å². The second kappa shape index (κ2) is 6.93. The van der Waals surface area contributed by atoms with Crippen molar-refractivity contribution in [3.05, 3.63) is 62.6 Å². The van der Waals surface area contributed by atoms with Crippen molar-refractivity contribution in [2.75, 3.05) is 5.32 Å². The van der Waals surface area contributed by atoms with Gasteiger partial charge in [-0.3, -0.25) is 14.4 Å². The van der Waals surface area contributed by atoms with Gasteiger partial charge in [0.05, 0.1) is 22.4 Å². The molecule has 2 aliphatic rings. The SMILES string of the molecule is NC(=O)c1cc(Br)c2c(c1NC1CCCCC1)C(=O)c1ccccc1C2=O. The Bertz CT molecular complexity index is 978. The van der Waals surface area contributed by atoms with Gasteiger partial charge in [0.2, 0.25) is 0 Å². The number of fused-ring (bicyclic) bond motifs is 2. The Labute approximate surface area is 165 Å². The van der Waals surface area contributed by atoms with Gasteiger partial charge in [-0.2, -0.15) is 0 Å². The summed E-state index contributed by atoms with van der Waals surface area (Å²) in [6, 6.07) is 8.47. The van der Waals surface area contributed by atoms with Crippen molar-refractivity contribution >= 4 is 39.1 Å². The molecule has 0 unspecified atom stereocenters. The highest BCUT2D eigenvalue weighted by atomic mass is 79.9. The van der Waals surface area contributed by atoms with E-state index in [9.17, 15) is 14.4 Å². The van der Waals surface area contributed by atoms with E-state index in [0.29, 0.717) is 26.9 Å². The first-order valence-electron chi connectivity index (χ1n) is 9.10. The maximum absolute atomic E-state index is 13.3. The van der Waals surface area contributed by atoms with E-state index < -0.39 is 5.91 Å². The summed E-state index contributed by atoms with van der Waals surface area (Å²) in [6.07, 6.45) is 5.30. The van der Waals surface area contributed by atoms with Crippen molar-refractivity contribution in [1.82, 2.24) is 0 Å². The van der Waals surface area contributed by atoms with Crippen molar-refractivity contribution in [2.45, 2.75) is 38.1 Å². The zero-order valence-electron chi connectivity index (χ0n) is 14.7. The molecule has 2 aromatic rings. The number of primary amides is 1. The van der Waals surface area contributed by atoms with Crippen LogP contribution < -0.4 is 11.1 Å². The molecule has 27 heavy (non-hydrogen) atoms. The van der Waals surface area contributed by atoms with Crippen LogP contribution in [0.1, 0.15) is 74.3 Å². The maximum Gasteiger partial charge on any atom is 0.250 e. The Kier molecular flexibility index (Phi) is 4.60. The van der Waals surface area contributed by atoms with Crippen LogP contribution in [0.3, 0.4) is 0 Å². The van der Waals surface area contributed by atoms with E-state index in [0.717, 1.165) is 25.7 Å². The Hall–Kier alpha value is -2.47. The predicted molar refractivity (Wildman–Crippen MR) is 106 cm³/mol. The molecular formula is C21H19BrN2O3. The fourth-order valence-corrected chi connectivity index (χ4v) is 4.65. The van der Waals surface area contributed by atoms with Crippen LogP contribution >= 0.6 is 15.9 Å². The van der Waals surface area contributed by atoms with Crippen LogP contribution in [0.25, 0.3) is 0 Å². The predicted octanol–water partition coefficient (Wildman–Crippen LogP) is 4.07. The van der Waals surface area contributed by atoms with Crippen LogP contribution in [0.5, 0.6) is 0 Å². The van der Waals surface area contributed by atoms with Crippen LogP contribution in [-0.4, -0.2) is 23.5 Å². The summed E-state index contributed by atoms with van der Waals surface area (Å²) in [5, 5.41) is 3.37. The van der Waals surface area contributed by atoms with Crippen LogP contribution in [0.4, 0.5) is 5.69 Å². The van der Waals surface area contributed by atoms with E-state index in [-0.39, 0.29) is 28.7 Å². The monoisotopic (exact) mass is 426 g/mol. The molecule has 2 aromatic carbocycles. The molecule has 0 saturated heterocycles. The number of hydrogen-bond acceptors (Lipinski definition) is 4. The third-order valence-electron chi connectivity index (χ3n) is 5.37. The molecule has 4 rings (SSSR count). The number of nitrogens with two attached hydrogens (primary N) is 1. The Morgan fingerprint density at radius 1 is 1.00 bits per heavy atom. The highest BCUT2D eigenvalue weighted by Crippen LogP contribution is 2.39. The van der Waals surface area contributed by atoms with Gasteiger partial charge in [-0.25, -0.2) is 0 Å². The summed E-state index contributed by atoms with van der Waals surface area (Å²) in [5.74, 6) is -1.12. The normalized spacial score (nSPS) is 16.6. The molecule has 1 saturated carbocycles. The van der Waals surface area contributed by atoms with E-state index in [4.69, 9.17) is 5.73 Å². The minimum Gasteiger partial charge on any atom is -0.381 e. The van der Waals surface area contributed by atoms with Crippen molar-refractivity contribution in [3.63, 3.8) is 0 Å². The highest BCUT2D eigenvalue weighted by Gasteiger charge is 2.36. The number of ketones is 2. The van der Waals surface area contributed by atoms with Gasteiger partial charge in [0.25, 0.3) is 5.91 Å². The molecule has 0 radical (unpaired) electrons. The maximum atomic E-state index is 13.3. The zero-order valence-corrected chi connectivity index (χ0v) is 16.3. The van der Waals surface area contributed by atoms with Crippen molar-refractivity contribution in [1.29, 1.82) is 0 Å². The molecular weight excluding hydrogens is 408 g/mol. The number of nitrogens with one attached hydrogen (secondary N) is 1. The fourth-order valence-electron chi connectivity index (χ4n) is 4.04. The molecule has 6 heteroatoms. The van der Waals surface area contributed by atoms with Crippen LogP contribution in [-0.2, 0) is 0 Å². The van der Waals surface area contributed by atoms with Crippen molar-refractivity contribution in [3.8, 4) is 0 Å². The molecule has 1 amide bonds. The summed E-state index contributed by atoms with van der Waals surface area (Å²) < 4.78 is 0.411. The Morgan fingerprint density at radius 2 is 1.59 bits per heavy atom. The fraction of sp³-hybridized carbons (Fsp3) is 0.286. The quantitative estimate of drug-likeness (QED) is 0.660. The number of carbonyl (C=O) groups excluding carboxylic acids is 3. The van der Waals surface area contributed by atoms with E-state index in [2.05, 4.69) is 21.2 Å². The smallest absolute Gasteiger partial charge is 0.250 e. The first-order valence-corrected chi connectivity index (χ1v) is 9.89. The van der Waals surface area contributed by atoms with Gasteiger partial charge < -0.3 is 11.1 Å². The molecule has 5 nitrogen and oxygen atoms in total.